The molecular weight excluding hydrogens is 386 g/mol. The molecular formula is C20H15ClF2N4O. The maximum Gasteiger partial charge on any atom is 0.149 e. The Morgan fingerprint density at radius 2 is 1.96 bits per heavy atom. The van der Waals surface area contributed by atoms with Crippen LogP contribution in [0.4, 0.5) is 20.3 Å². The molecule has 2 aromatic carbocycles. The van der Waals surface area contributed by atoms with Crippen LogP contribution in [0.2, 0.25) is 5.02 Å². The Labute approximate surface area is 164 Å². The summed E-state index contributed by atoms with van der Waals surface area (Å²) in [5.74, 6) is -0.272. The van der Waals surface area contributed by atoms with Crippen LogP contribution in [0, 0.1) is 18.6 Å². The van der Waals surface area contributed by atoms with Gasteiger partial charge in [-0.3, -0.25) is 0 Å². The zero-order valence-electron chi connectivity index (χ0n) is 14.7. The van der Waals surface area contributed by atoms with E-state index in [-0.39, 0.29) is 5.69 Å². The van der Waals surface area contributed by atoms with Crippen molar-refractivity contribution in [2.24, 2.45) is 0 Å². The van der Waals surface area contributed by atoms with Crippen molar-refractivity contribution in [3.8, 4) is 0 Å². The van der Waals surface area contributed by atoms with Gasteiger partial charge in [0.1, 0.15) is 29.4 Å². The van der Waals surface area contributed by atoms with Gasteiger partial charge in [0, 0.05) is 28.4 Å². The van der Waals surface area contributed by atoms with Crippen LogP contribution in [0.3, 0.4) is 0 Å². The Kier molecular flexibility index (Phi) is 4.70. The molecule has 28 heavy (non-hydrogen) atoms. The Balaban J connectivity index is 1.59. The first-order valence-electron chi connectivity index (χ1n) is 8.42. The fourth-order valence-corrected chi connectivity index (χ4v) is 3.20. The van der Waals surface area contributed by atoms with Crippen LogP contribution in [0.15, 0.2) is 48.7 Å². The van der Waals surface area contributed by atoms with Crippen LogP contribution >= 0.6 is 11.6 Å². The number of aromatic amines is 1. The van der Waals surface area contributed by atoms with Gasteiger partial charge in [0.25, 0.3) is 0 Å². The van der Waals surface area contributed by atoms with Crippen molar-refractivity contribution in [1.82, 2.24) is 15.0 Å². The van der Waals surface area contributed by atoms with Gasteiger partial charge in [-0.05, 0) is 37.3 Å². The van der Waals surface area contributed by atoms with Gasteiger partial charge in [-0.1, -0.05) is 17.7 Å². The highest BCUT2D eigenvalue weighted by atomic mass is 35.5. The monoisotopic (exact) mass is 400 g/mol. The number of hydrogen-bond acceptors (Lipinski definition) is 4. The van der Waals surface area contributed by atoms with E-state index < -0.39 is 17.7 Å². The first-order chi connectivity index (χ1) is 13.4. The first-order valence-corrected chi connectivity index (χ1v) is 8.80. The molecule has 2 heterocycles. The number of fused-ring (bicyclic) bond motifs is 1. The van der Waals surface area contributed by atoms with E-state index in [0.29, 0.717) is 22.0 Å². The van der Waals surface area contributed by atoms with Crippen LogP contribution in [0.25, 0.3) is 11.0 Å². The normalized spacial score (nSPS) is 12.3. The highest BCUT2D eigenvalue weighted by molar-refractivity contribution is 6.32. The molecule has 0 saturated heterocycles. The SMILES string of the molecule is Cc1nc2cc(Cl)c(C(O)c3ccc(Nc4ccc(F)cc4F)nc3)cc2[nH]1. The number of hydrogen-bond donors (Lipinski definition) is 3. The summed E-state index contributed by atoms with van der Waals surface area (Å²) in [5.41, 5.74) is 2.63. The van der Waals surface area contributed by atoms with E-state index in [2.05, 4.69) is 20.3 Å². The van der Waals surface area contributed by atoms with Crippen LogP contribution in [-0.4, -0.2) is 20.1 Å². The molecule has 4 rings (SSSR count). The summed E-state index contributed by atoms with van der Waals surface area (Å²) in [7, 11) is 0. The van der Waals surface area contributed by atoms with E-state index in [4.69, 9.17) is 11.6 Å². The van der Waals surface area contributed by atoms with Crippen molar-refractivity contribution in [1.29, 1.82) is 0 Å². The largest absolute Gasteiger partial charge is 0.384 e. The minimum atomic E-state index is -0.996. The Morgan fingerprint density at radius 1 is 1.14 bits per heavy atom. The van der Waals surface area contributed by atoms with Gasteiger partial charge in [0.2, 0.25) is 0 Å². The molecule has 0 fully saturated rings. The number of halogens is 3. The number of aryl methyl sites for hydroxylation is 1. The maximum atomic E-state index is 13.7. The second-order valence-electron chi connectivity index (χ2n) is 6.34. The van der Waals surface area contributed by atoms with Crippen molar-refractivity contribution in [3.63, 3.8) is 0 Å². The predicted molar refractivity (Wildman–Crippen MR) is 104 cm³/mol. The number of anilines is 2. The molecule has 4 aromatic rings. The average Bonchev–Trinajstić information content (AvgIpc) is 3.02. The zero-order valence-corrected chi connectivity index (χ0v) is 15.4. The van der Waals surface area contributed by atoms with Crippen molar-refractivity contribution in [2.45, 2.75) is 13.0 Å². The molecule has 0 aliphatic rings. The van der Waals surface area contributed by atoms with Crippen LogP contribution in [-0.2, 0) is 0 Å². The highest BCUT2D eigenvalue weighted by Crippen LogP contribution is 2.31. The van der Waals surface area contributed by atoms with Crippen LogP contribution in [0.1, 0.15) is 23.1 Å². The molecule has 0 aliphatic carbocycles. The van der Waals surface area contributed by atoms with Gasteiger partial charge in [0.15, 0.2) is 0 Å². The van der Waals surface area contributed by atoms with Gasteiger partial charge in [-0.25, -0.2) is 18.7 Å². The van der Waals surface area contributed by atoms with Gasteiger partial charge in [-0.2, -0.15) is 0 Å². The highest BCUT2D eigenvalue weighted by Gasteiger charge is 2.17. The van der Waals surface area contributed by atoms with Crippen molar-refractivity contribution in [3.05, 3.63) is 82.3 Å². The van der Waals surface area contributed by atoms with Gasteiger partial charge >= 0.3 is 0 Å². The molecule has 2 aromatic heterocycles. The van der Waals surface area contributed by atoms with E-state index >= 15 is 0 Å². The molecule has 1 atom stereocenters. The van der Waals surface area contributed by atoms with E-state index in [1.807, 2.05) is 6.92 Å². The summed E-state index contributed by atoms with van der Waals surface area (Å²) in [5, 5.41) is 13.9. The number of H-pyrrole nitrogens is 1. The number of pyridine rings is 1. The lowest BCUT2D eigenvalue weighted by Gasteiger charge is -2.14. The van der Waals surface area contributed by atoms with Crippen LogP contribution in [0.5, 0.6) is 0 Å². The molecule has 3 N–H and O–H groups in total. The molecule has 1 unspecified atom stereocenters. The quantitative estimate of drug-likeness (QED) is 0.449. The van der Waals surface area contributed by atoms with Crippen LogP contribution < -0.4 is 5.32 Å². The third-order valence-corrected chi connectivity index (χ3v) is 4.64. The smallest absolute Gasteiger partial charge is 0.149 e. The Hall–Kier alpha value is -3.03. The third kappa shape index (κ3) is 3.54. The number of aliphatic hydroxyl groups excluding tert-OH is 1. The lowest BCUT2D eigenvalue weighted by molar-refractivity contribution is 0.220. The molecule has 0 saturated carbocycles. The average molecular weight is 401 g/mol. The van der Waals surface area contributed by atoms with Gasteiger partial charge in [0.05, 0.1) is 16.7 Å². The number of imidazole rings is 1. The molecule has 0 bridgehead atoms. The topological polar surface area (TPSA) is 73.8 Å². The maximum absolute atomic E-state index is 13.7. The van der Waals surface area contributed by atoms with Crippen molar-refractivity contribution >= 4 is 34.1 Å². The Bertz CT molecular complexity index is 1160. The standard InChI is InChI=1S/C20H15ClF2N4O/c1-10-25-17-7-13(14(21)8-18(17)26-10)20(28)11-2-5-19(24-9-11)27-16-4-3-12(22)6-15(16)23/h2-9,20,28H,1H3,(H,24,27)(H,25,26). The number of benzene rings is 2. The molecule has 0 radical (unpaired) electrons. The fraction of sp³-hybridized carbons (Fsp3) is 0.100. The minimum Gasteiger partial charge on any atom is -0.384 e. The number of nitrogens with zero attached hydrogens (tertiary/aromatic N) is 2. The minimum absolute atomic E-state index is 0.102. The number of rotatable bonds is 4. The summed E-state index contributed by atoms with van der Waals surface area (Å²) in [6.07, 6.45) is 0.470. The number of nitrogens with one attached hydrogen (secondary N) is 2. The van der Waals surface area contributed by atoms with Crippen molar-refractivity contribution in [2.75, 3.05) is 5.32 Å². The second kappa shape index (κ2) is 7.18. The molecule has 0 amide bonds. The summed E-state index contributed by atoms with van der Waals surface area (Å²) >= 11 is 6.31. The third-order valence-electron chi connectivity index (χ3n) is 4.31. The molecule has 142 valence electrons. The zero-order chi connectivity index (χ0) is 19.8. The predicted octanol–water partition coefficient (Wildman–Crippen LogP) is 5.02. The molecule has 0 spiro atoms. The van der Waals surface area contributed by atoms with E-state index in [1.54, 1.807) is 24.3 Å². The Morgan fingerprint density at radius 3 is 2.68 bits per heavy atom. The van der Waals surface area contributed by atoms with Gasteiger partial charge in [-0.15, -0.1) is 0 Å². The second-order valence-corrected chi connectivity index (χ2v) is 6.75. The summed E-state index contributed by atoms with van der Waals surface area (Å²) < 4.78 is 26.7. The fourth-order valence-electron chi connectivity index (χ4n) is 2.93. The first kappa shape index (κ1) is 18.3. The lowest BCUT2D eigenvalue weighted by atomic mass is 10.0. The molecule has 5 nitrogen and oxygen atoms in total. The lowest BCUT2D eigenvalue weighted by Crippen LogP contribution is -2.03. The molecule has 0 aliphatic heterocycles. The van der Waals surface area contributed by atoms with Gasteiger partial charge < -0.3 is 15.4 Å². The van der Waals surface area contributed by atoms with E-state index in [9.17, 15) is 13.9 Å². The number of aliphatic hydroxyl groups is 1. The summed E-state index contributed by atoms with van der Waals surface area (Å²) in [6, 6.07) is 9.92. The van der Waals surface area contributed by atoms with E-state index in [1.165, 1.54) is 12.3 Å². The number of aromatic nitrogens is 3. The van der Waals surface area contributed by atoms with Crippen molar-refractivity contribution < 1.29 is 13.9 Å². The van der Waals surface area contributed by atoms with E-state index in [0.717, 1.165) is 29.0 Å². The summed E-state index contributed by atoms with van der Waals surface area (Å²) in [6.45, 7) is 1.84. The summed E-state index contributed by atoms with van der Waals surface area (Å²) in [4.78, 5) is 11.6. The molecule has 8 heteroatoms.